The quantitative estimate of drug-likeness (QED) is 0.453. The van der Waals surface area contributed by atoms with Crippen LogP contribution in [0.25, 0.3) is 0 Å². The molecule has 0 radical (unpaired) electrons. The second-order valence-electron chi connectivity index (χ2n) is 11.3. The summed E-state index contributed by atoms with van der Waals surface area (Å²) in [4.78, 5) is 29.5. The first-order valence-corrected chi connectivity index (χ1v) is 11.9. The van der Waals surface area contributed by atoms with Gasteiger partial charge in [0, 0.05) is 36.4 Å². The average molecular weight is 426 g/mol. The molecule has 4 saturated carbocycles. The molecule has 7 heteroatoms. The zero-order valence-corrected chi connectivity index (χ0v) is 18.2. The van der Waals surface area contributed by atoms with Gasteiger partial charge in [-0.25, -0.2) is 0 Å². The topological polar surface area (TPSA) is 101 Å². The van der Waals surface area contributed by atoms with Gasteiger partial charge in [-0.3, -0.25) is 9.59 Å². The summed E-state index contributed by atoms with van der Waals surface area (Å²) in [6, 6.07) is 0.294. The number of methoxy groups -OCH3 is 1. The van der Waals surface area contributed by atoms with Gasteiger partial charge in [0.2, 0.25) is 11.6 Å². The maximum atomic E-state index is 13.9. The Hall–Kier alpha value is -1.70. The molecule has 4 unspecified atom stereocenters. The molecule has 0 amide bonds. The number of piperazine rings is 1. The van der Waals surface area contributed by atoms with E-state index in [1.807, 2.05) is 4.90 Å². The number of ketones is 2. The Bertz CT molecular complexity index is 948. The number of rotatable bonds is 4. The lowest BCUT2D eigenvalue weighted by Crippen LogP contribution is -2.59. The summed E-state index contributed by atoms with van der Waals surface area (Å²) in [6.45, 7) is 2.22. The van der Waals surface area contributed by atoms with E-state index in [1.54, 1.807) is 14.0 Å². The Morgan fingerprint density at radius 3 is 2.35 bits per heavy atom. The number of hydrogen-bond acceptors (Lipinski definition) is 7. The number of hydrogen-bond donors (Lipinski definition) is 3. The van der Waals surface area contributed by atoms with E-state index in [4.69, 9.17) is 4.74 Å². The molecule has 166 valence electrons. The highest BCUT2D eigenvalue weighted by atomic mass is 16.5. The van der Waals surface area contributed by atoms with Crippen LogP contribution in [0.1, 0.15) is 45.4 Å². The smallest absolute Gasteiger partial charge is 0.208 e. The minimum Gasteiger partial charge on any atom is -0.396 e. The third-order valence-corrected chi connectivity index (χ3v) is 9.65. The normalized spacial score (nSPS) is 49.1. The molecular weight excluding hydrogens is 394 g/mol. The fourth-order valence-corrected chi connectivity index (χ4v) is 8.82. The fourth-order valence-electron chi connectivity index (χ4n) is 8.82. The van der Waals surface area contributed by atoms with E-state index in [0.29, 0.717) is 29.1 Å². The number of aliphatic hydroxyl groups excluding tert-OH is 1. The van der Waals surface area contributed by atoms with Gasteiger partial charge < -0.3 is 25.4 Å². The van der Waals surface area contributed by atoms with Gasteiger partial charge in [-0.2, -0.15) is 0 Å². The lowest BCUT2D eigenvalue weighted by Gasteiger charge is -2.57. The van der Waals surface area contributed by atoms with Crippen LogP contribution in [0.2, 0.25) is 0 Å². The molecule has 0 aromatic rings. The van der Waals surface area contributed by atoms with Gasteiger partial charge in [0.05, 0.1) is 30.0 Å². The summed E-state index contributed by atoms with van der Waals surface area (Å²) >= 11 is 0. The van der Waals surface area contributed by atoms with Crippen LogP contribution < -0.4 is 10.6 Å². The molecule has 8 aliphatic rings. The molecule has 3 aliphatic heterocycles. The lowest BCUT2D eigenvalue weighted by atomic mass is 9.53. The highest BCUT2D eigenvalue weighted by Crippen LogP contribution is 2.58. The Labute approximate surface area is 182 Å². The highest BCUT2D eigenvalue weighted by molar-refractivity contribution is 6.25. The molecule has 5 aliphatic carbocycles. The van der Waals surface area contributed by atoms with Crippen molar-refractivity contribution >= 4 is 11.6 Å². The predicted octanol–water partition coefficient (Wildman–Crippen LogP) is 0.846. The van der Waals surface area contributed by atoms with Crippen molar-refractivity contribution in [2.24, 2.45) is 23.7 Å². The van der Waals surface area contributed by atoms with Crippen molar-refractivity contribution < 1.29 is 19.4 Å². The molecule has 4 bridgehead atoms. The minimum absolute atomic E-state index is 0.0423. The number of nitrogens with one attached hydrogen (secondary N) is 2. The standard InChI is InChI=1S/C24H31N3O4/c1-11-18(26-23-6-12-3-13(7-23)5-14(4-12)8-23)21(30)17-15(10-28)24(31-2)22-16(25-22)9-27(24)19(17)20(11)29/h12-16,22,25-26,28H,3-10H2,1-2H3. The summed E-state index contributed by atoms with van der Waals surface area (Å²) in [5, 5.41) is 17.5. The zero-order valence-electron chi connectivity index (χ0n) is 18.2. The maximum Gasteiger partial charge on any atom is 0.208 e. The zero-order chi connectivity index (χ0) is 21.3. The summed E-state index contributed by atoms with van der Waals surface area (Å²) in [5.41, 5.74) is 1.04. The molecule has 0 spiro atoms. The van der Waals surface area contributed by atoms with E-state index in [-0.39, 0.29) is 35.8 Å². The van der Waals surface area contributed by atoms with Gasteiger partial charge in [-0.1, -0.05) is 0 Å². The first-order chi connectivity index (χ1) is 14.9. The van der Waals surface area contributed by atoms with Crippen molar-refractivity contribution in [1.82, 2.24) is 15.5 Å². The van der Waals surface area contributed by atoms with Crippen molar-refractivity contribution in [3.8, 4) is 0 Å². The van der Waals surface area contributed by atoms with E-state index >= 15 is 0 Å². The van der Waals surface area contributed by atoms with Crippen LogP contribution in [0.5, 0.6) is 0 Å². The number of ether oxygens (including phenoxy) is 1. The number of aliphatic hydroxyl groups is 1. The molecule has 6 fully saturated rings. The average Bonchev–Trinajstić information content (AvgIpc) is 3.34. The molecular formula is C24H31N3O4. The van der Waals surface area contributed by atoms with Crippen molar-refractivity contribution in [2.75, 3.05) is 20.3 Å². The van der Waals surface area contributed by atoms with Gasteiger partial charge in [-0.15, -0.1) is 0 Å². The van der Waals surface area contributed by atoms with Gasteiger partial charge >= 0.3 is 0 Å². The van der Waals surface area contributed by atoms with Crippen molar-refractivity contribution in [1.29, 1.82) is 0 Å². The maximum absolute atomic E-state index is 13.9. The summed E-state index contributed by atoms with van der Waals surface area (Å²) in [7, 11) is 1.63. The van der Waals surface area contributed by atoms with E-state index in [9.17, 15) is 14.7 Å². The van der Waals surface area contributed by atoms with Crippen LogP contribution in [-0.4, -0.2) is 65.2 Å². The molecule has 8 rings (SSSR count). The first-order valence-electron chi connectivity index (χ1n) is 11.9. The number of carbonyl (C=O) groups is 2. The van der Waals surface area contributed by atoms with Gasteiger partial charge in [0.1, 0.15) is 0 Å². The van der Waals surface area contributed by atoms with Crippen LogP contribution in [0.3, 0.4) is 0 Å². The Balaban J connectivity index is 1.27. The van der Waals surface area contributed by atoms with E-state index in [1.165, 1.54) is 19.3 Å². The van der Waals surface area contributed by atoms with E-state index in [0.717, 1.165) is 37.0 Å². The van der Waals surface area contributed by atoms with Gasteiger partial charge in [-0.05, 0) is 63.2 Å². The second kappa shape index (κ2) is 5.80. The monoisotopic (exact) mass is 425 g/mol. The SMILES string of the molecule is COC12C(CO)C3=C(C(=O)C(C)=C(NC45CC6CC(CC(C6)C4)C5)C3=O)N1CC1NC12. The summed E-state index contributed by atoms with van der Waals surface area (Å²) in [5.74, 6) is 1.54. The van der Waals surface area contributed by atoms with Crippen molar-refractivity contribution in [3.63, 3.8) is 0 Å². The molecule has 4 atom stereocenters. The molecule has 3 N–H and O–H groups in total. The summed E-state index contributed by atoms with van der Waals surface area (Å²) in [6.07, 6.45) is 7.30. The molecule has 3 heterocycles. The first kappa shape index (κ1) is 18.8. The predicted molar refractivity (Wildman–Crippen MR) is 112 cm³/mol. The molecule has 7 nitrogen and oxygen atoms in total. The number of Topliss-reactive ketones (excluding diaryl/α,β-unsaturated/α-hetero) is 2. The van der Waals surface area contributed by atoms with Gasteiger partial charge in [0.15, 0.2) is 5.72 Å². The summed E-state index contributed by atoms with van der Waals surface area (Å²) < 4.78 is 5.99. The Morgan fingerprint density at radius 2 is 1.77 bits per heavy atom. The third kappa shape index (κ3) is 2.16. The number of carbonyl (C=O) groups excluding carboxylic acids is 2. The van der Waals surface area contributed by atoms with Crippen LogP contribution in [0, 0.1) is 23.7 Å². The van der Waals surface area contributed by atoms with Crippen LogP contribution >= 0.6 is 0 Å². The third-order valence-electron chi connectivity index (χ3n) is 9.65. The van der Waals surface area contributed by atoms with E-state index < -0.39 is 11.6 Å². The lowest BCUT2D eigenvalue weighted by molar-refractivity contribution is -0.137. The molecule has 0 aromatic heterocycles. The minimum atomic E-state index is -0.841. The van der Waals surface area contributed by atoms with Crippen LogP contribution in [0.4, 0.5) is 0 Å². The van der Waals surface area contributed by atoms with E-state index in [2.05, 4.69) is 10.6 Å². The number of fused-ring (bicyclic) bond motifs is 4. The largest absolute Gasteiger partial charge is 0.396 e. The Kier molecular flexibility index (Phi) is 3.52. The number of allylic oxidation sites excluding steroid dienone is 2. The molecule has 31 heavy (non-hydrogen) atoms. The van der Waals surface area contributed by atoms with Gasteiger partial charge in [0.25, 0.3) is 0 Å². The van der Waals surface area contributed by atoms with Crippen molar-refractivity contribution in [2.45, 2.75) is 68.8 Å². The highest BCUT2D eigenvalue weighted by Gasteiger charge is 2.72. The molecule has 0 aromatic carbocycles. The Morgan fingerprint density at radius 1 is 1.13 bits per heavy atom. The molecule has 2 saturated heterocycles. The van der Waals surface area contributed by atoms with Crippen LogP contribution in [0.15, 0.2) is 22.5 Å². The van der Waals surface area contributed by atoms with Crippen molar-refractivity contribution in [3.05, 3.63) is 22.5 Å². The number of nitrogens with zero attached hydrogens (tertiary/aromatic N) is 1. The second-order valence-corrected chi connectivity index (χ2v) is 11.3. The fraction of sp³-hybridized carbons (Fsp3) is 0.750. The van der Waals surface area contributed by atoms with Crippen LogP contribution in [-0.2, 0) is 14.3 Å².